The maximum Gasteiger partial charge on any atom is 0.251 e. The molecule has 2 amide bonds. The summed E-state index contributed by atoms with van der Waals surface area (Å²) in [5.74, 6) is -1.28. The van der Waals surface area contributed by atoms with Crippen molar-refractivity contribution in [1.29, 1.82) is 0 Å². The molecule has 35 heavy (non-hydrogen) atoms. The van der Waals surface area contributed by atoms with E-state index < -0.39 is 21.9 Å². The van der Waals surface area contributed by atoms with Crippen molar-refractivity contribution in [2.45, 2.75) is 17.4 Å². The molecule has 1 aliphatic rings. The van der Waals surface area contributed by atoms with Crippen molar-refractivity contribution in [2.24, 2.45) is 0 Å². The van der Waals surface area contributed by atoms with Gasteiger partial charge >= 0.3 is 0 Å². The predicted molar refractivity (Wildman–Crippen MR) is 129 cm³/mol. The highest BCUT2D eigenvalue weighted by Crippen LogP contribution is 2.23. The third-order valence-electron chi connectivity index (χ3n) is 5.97. The summed E-state index contributed by atoms with van der Waals surface area (Å²) in [4.78, 5) is 27.1. The van der Waals surface area contributed by atoms with E-state index in [1.807, 2.05) is 36.4 Å². The van der Waals surface area contributed by atoms with Gasteiger partial charge in [-0.1, -0.05) is 60.7 Å². The average Bonchev–Trinajstić information content (AvgIpc) is 2.89. The largest absolute Gasteiger partial charge is 0.345 e. The molecule has 3 aromatic rings. The quantitative estimate of drug-likeness (QED) is 0.545. The highest BCUT2D eigenvalue weighted by molar-refractivity contribution is 7.89. The van der Waals surface area contributed by atoms with Crippen molar-refractivity contribution in [1.82, 2.24) is 14.5 Å². The van der Waals surface area contributed by atoms with Gasteiger partial charge in [0.05, 0.1) is 12.5 Å². The number of piperazine rings is 1. The smallest absolute Gasteiger partial charge is 0.251 e. The number of carbonyl (C=O) groups is 2. The van der Waals surface area contributed by atoms with Crippen molar-refractivity contribution < 1.29 is 22.4 Å². The molecule has 0 bridgehead atoms. The number of nitrogens with one attached hydrogen (secondary N) is 1. The number of hydrogen-bond donors (Lipinski definition) is 1. The third-order valence-corrected chi connectivity index (χ3v) is 7.90. The molecular weight excluding hydrogens is 469 g/mol. The standard InChI is InChI=1S/C26H26FN3O4S/c27-22-13-7-8-14-24(22)35(33,34)30-17-15-29(16-18-30)25(31)19-23(20-9-3-1-4-10-20)28-26(32)21-11-5-2-6-12-21/h1-14,23H,15-19H2,(H,28,32). The van der Waals surface area contributed by atoms with Crippen LogP contribution in [-0.2, 0) is 14.8 Å². The minimum Gasteiger partial charge on any atom is -0.345 e. The Labute approximate surface area is 204 Å². The summed E-state index contributed by atoms with van der Waals surface area (Å²) < 4.78 is 40.9. The van der Waals surface area contributed by atoms with Gasteiger partial charge in [0, 0.05) is 31.7 Å². The van der Waals surface area contributed by atoms with Gasteiger partial charge in [0.15, 0.2) is 0 Å². The minimum atomic E-state index is -3.99. The summed E-state index contributed by atoms with van der Waals surface area (Å²) in [6.45, 7) is 0.491. The number of halogens is 1. The van der Waals surface area contributed by atoms with Gasteiger partial charge in [-0.25, -0.2) is 12.8 Å². The summed E-state index contributed by atoms with van der Waals surface area (Å²) in [5.41, 5.74) is 1.29. The second kappa shape index (κ2) is 10.8. The Kier molecular flexibility index (Phi) is 7.57. The van der Waals surface area contributed by atoms with Crippen LogP contribution in [0.1, 0.15) is 28.4 Å². The van der Waals surface area contributed by atoms with E-state index >= 15 is 0 Å². The Morgan fingerprint density at radius 2 is 1.40 bits per heavy atom. The Hall–Kier alpha value is -3.56. The number of sulfonamides is 1. The molecule has 0 spiro atoms. The zero-order valence-corrected chi connectivity index (χ0v) is 19.8. The van der Waals surface area contributed by atoms with Crippen LogP contribution in [-0.4, -0.2) is 55.6 Å². The number of amides is 2. The molecule has 1 heterocycles. The van der Waals surface area contributed by atoms with Gasteiger partial charge in [0.1, 0.15) is 10.7 Å². The van der Waals surface area contributed by atoms with Crippen LogP contribution in [0, 0.1) is 5.82 Å². The van der Waals surface area contributed by atoms with Gasteiger partial charge in [0.25, 0.3) is 5.91 Å². The highest BCUT2D eigenvalue weighted by Gasteiger charge is 2.32. The van der Waals surface area contributed by atoms with Crippen LogP contribution in [0.15, 0.2) is 89.8 Å². The number of rotatable bonds is 7. The summed E-state index contributed by atoms with van der Waals surface area (Å²) in [6, 6.07) is 22.7. The van der Waals surface area contributed by atoms with Gasteiger partial charge < -0.3 is 10.2 Å². The molecule has 0 saturated carbocycles. The van der Waals surface area contributed by atoms with E-state index in [0.29, 0.717) is 5.56 Å². The lowest BCUT2D eigenvalue weighted by atomic mass is 10.0. The van der Waals surface area contributed by atoms with Crippen LogP contribution < -0.4 is 5.32 Å². The molecule has 7 nitrogen and oxygen atoms in total. The van der Waals surface area contributed by atoms with Crippen LogP contribution in [0.25, 0.3) is 0 Å². The Balaban J connectivity index is 1.42. The topological polar surface area (TPSA) is 86.8 Å². The zero-order valence-electron chi connectivity index (χ0n) is 19.0. The van der Waals surface area contributed by atoms with Crippen molar-refractivity contribution in [2.75, 3.05) is 26.2 Å². The first-order chi connectivity index (χ1) is 16.9. The Bertz CT molecular complexity index is 1280. The molecule has 4 rings (SSSR count). The predicted octanol–water partition coefficient (Wildman–Crippen LogP) is 3.22. The van der Waals surface area contributed by atoms with E-state index in [-0.39, 0.29) is 49.3 Å². The molecular formula is C26H26FN3O4S. The number of nitrogens with zero attached hydrogens (tertiary/aromatic N) is 2. The maximum atomic E-state index is 14.1. The first kappa shape index (κ1) is 24.6. The molecule has 1 atom stereocenters. The van der Waals surface area contributed by atoms with Crippen molar-refractivity contribution in [3.63, 3.8) is 0 Å². The molecule has 1 aliphatic heterocycles. The van der Waals surface area contributed by atoms with Gasteiger partial charge in [-0.2, -0.15) is 4.31 Å². The second-order valence-electron chi connectivity index (χ2n) is 8.22. The molecule has 9 heteroatoms. The Morgan fingerprint density at radius 1 is 0.829 bits per heavy atom. The van der Waals surface area contributed by atoms with Crippen molar-refractivity contribution >= 4 is 21.8 Å². The molecule has 0 radical (unpaired) electrons. The van der Waals surface area contributed by atoms with Crippen LogP contribution in [0.3, 0.4) is 0 Å². The number of hydrogen-bond acceptors (Lipinski definition) is 4. The molecule has 182 valence electrons. The normalized spacial score (nSPS) is 15.4. The monoisotopic (exact) mass is 495 g/mol. The van der Waals surface area contributed by atoms with Crippen LogP contribution in [0.2, 0.25) is 0 Å². The summed E-state index contributed by atoms with van der Waals surface area (Å²) in [7, 11) is -3.99. The first-order valence-corrected chi connectivity index (χ1v) is 12.7. The van der Waals surface area contributed by atoms with Crippen molar-refractivity contribution in [3.05, 3.63) is 102 Å². The summed E-state index contributed by atoms with van der Waals surface area (Å²) >= 11 is 0. The molecule has 1 fully saturated rings. The fraction of sp³-hybridized carbons (Fsp3) is 0.231. The zero-order chi connectivity index (χ0) is 24.8. The molecule has 1 unspecified atom stereocenters. The van der Waals surface area contributed by atoms with Gasteiger partial charge in [0.2, 0.25) is 15.9 Å². The van der Waals surface area contributed by atoms with E-state index in [0.717, 1.165) is 11.6 Å². The molecule has 0 aromatic heterocycles. The van der Waals surface area contributed by atoms with Crippen LogP contribution in [0.4, 0.5) is 4.39 Å². The van der Waals surface area contributed by atoms with E-state index in [4.69, 9.17) is 0 Å². The summed E-state index contributed by atoms with van der Waals surface area (Å²) in [6.07, 6.45) is 0.0304. The second-order valence-corrected chi connectivity index (χ2v) is 10.1. The lowest BCUT2D eigenvalue weighted by Crippen LogP contribution is -2.51. The minimum absolute atomic E-state index is 0.0304. The maximum absolute atomic E-state index is 14.1. The number of carbonyl (C=O) groups excluding carboxylic acids is 2. The summed E-state index contributed by atoms with van der Waals surface area (Å²) in [5, 5.41) is 2.95. The van der Waals surface area contributed by atoms with Gasteiger partial charge in [-0.15, -0.1) is 0 Å². The molecule has 0 aliphatic carbocycles. The number of benzene rings is 3. The fourth-order valence-corrected chi connectivity index (χ4v) is 5.53. The van der Waals surface area contributed by atoms with Crippen LogP contribution in [0.5, 0.6) is 0 Å². The molecule has 1 saturated heterocycles. The van der Waals surface area contributed by atoms with E-state index in [9.17, 15) is 22.4 Å². The molecule has 3 aromatic carbocycles. The Morgan fingerprint density at radius 3 is 2.03 bits per heavy atom. The fourth-order valence-electron chi connectivity index (χ4n) is 4.04. The lowest BCUT2D eigenvalue weighted by Gasteiger charge is -2.35. The third kappa shape index (κ3) is 5.75. The molecule has 1 N–H and O–H groups in total. The lowest BCUT2D eigenvalue weighted by molar-refractivity contribution is -0.132. The van der Waals surface area contributed by atoms with Gasteiger partial charge in [-0.3, -0.25) is 9.59 Å². The van der Waals surface area contributed by atoms with E-state index in [1.165, 1.54) is 22.5 Å². The van der Waals surface area contributed by atoms with Crippen LogP contribution >= 0.6 is 0 Å². The van der Waals surface area contributed by atoms with E-state index in [1.54, 1.807) is 29.2 Å². The average molecular weight is 496 g/mol. The SMILES string of the molecule is O=C(NC(CC(=O)N1CCN(S(=O)(=O)c2ccccc2F)CC1)c1ccccc1)c1ccccc1. The van der Waals surface area contributed by atoms with Gasteiger partial charge in [-0.05, 0) is 29.8 Å². The first-order valence-electron chi connectivity index (χ1n) is 11.3. The van der Waals surface area contributed by atoms with E-state index in [2.05, 4.69) is 5.32 Å². The van der Waals surface area contributed by atoms with Crippen molar-refractivity contribution in [3.8, 4) is 0 Å². The highest BCUT2D eigenvalue weighted by atomic mass is 32.2.